The van der Waals surface area contributed by atoms with Crippen LogP contribution in [0.2, 0.25) is 0 Å². The Morgan fingerprint density at radius 3 is 1.34 bits per heavy atom. The molecule has 13 nitrogen and oxygen atoms in total. The van der Waals surface area contributed by atoms with Gasteiger partial charge in [0.15, 0.2) is 12.2 Å². The van der Waals surface area contributed by atoms with Crippen LogP contribution in [0.1, 0.15) is 85.0 Å². The SMILES string of the molecule is C=C(C)C(=O)OCCCCCCC(=O)OC(COCCOc1ccc(OCCOCC(COc2ccccc2)OC(=O)CCCCCCOC(C)C(=C)C)cc1)COc1ccccc1. The summed E-state index contributed by atoms with van der Waals surface area (Å²) in [7, 11) is 0. The molecule has 0 heterocycles. The Bertz CT molecular complexity index is 1730. The molecule has 3 rings (SSSR count). The van der Waals surface area contributed by atoms with Gasteiger partial charge in [0.2, 0.25) is 0 Å². The third kappa shape index (κ3) is 25.7. The first-order valence-electron chi connectivity index (χ1n) is 22.4. The second kappa shape index (κ2) is 33.2. The van der Waals surface area contributed by atoms with Gasteiger partial charge in [-0.15, -0.1) is 0 Å². The number of hydrogen-bond acceptors (Lipinski definition) is 13. The first kappa shape index (κ1) is 53.0. The Hall–Kier alpha value is -5.37. The van der Waals surface area contributed by atoms with Gasteiger partial charge in [0, 0.05) is 25.0 Å². The van der Waals surface area contributed by atoms with E-state index < -0.39 is 12.2 Å². The number of rotatable bonds is 37. The molecule has 3 aromatic rings. The molecule has 0 saturated heterocycles. The summed E-state index contributed by atoms with van der Waals surface area (Å²) in [4.78, 5) is 36.8. The van der Waals surface area contributed by atoms with Crippen LogP contribution in [-0.4, -0.2) is 102 Å². The van der Waals surface area contributed by atoms with Crippen molar-refractivity contribution in [2.24, 2.45) is 0 Å². The van der Waals surface area contributed by atoms with Crippen molar-refractivity contribution in [2.45, 2.75) is 103 Å². The van der Waals surface area contributed by atoms with E-state index in [4.69, 9.17) is 47.4 Å². The van der Waals surface area contributed by atoms with Crippen molar-refractivity contribution in [2.75, 3.05) is 66.1 Å². The summed E-state index contributed by atoms with van der Waals surface area (Å²) in [6.45, 7) is 15.8. The Morgan fingerprint density at radius 1 is 0.484 bits per heavy atom. The highest BCUT2D eigenvalue weighted by Gasteiger charge is 2.18. The standard InChI is InChI=1S/C51H70O13/c1-40(2)42(5)57-30-18-8-6-16-24-49(52)63-47(38-61-43-20-12-10-13-21-43)36-55-32-34-58-45-26-28-46(29-27-45)59-35-33-56-37-48(39-62-44-22-14-11-15-23-44)64-50(53)25-17-7-9-19-31-60-51(54)41(3)4/h10-15,20-23,26-29,42,47-48H,1,3,6-9,16-19,24-25,30-39H2,2,4-5H3. The number of hydrogen-bond donors (Lipinski definition) is 0. The zero-order valence-electron chi connectivity index (χ0n) is 38.2. The molecule has 0 fully saturated rings. The Labute approximate surface area is 380 Å². The van der Waals surface area contributed by atoms with Crippen molar-refractivity contribution < 1.29 is 61.8 Å². The van der Waals surface area contributed by atoms with E-state index in [9.17, 15) is 14.4 Å². The van der Waals surface area contributed by atoms with Crippen LogP contribution >= 0.6 is 0 Å². The van der Waals surface area contributed by atoms with E-state index in [1.165, 1.54) is 0 Å². The summed E-state index contributed by atoms with van der Waals surface area (Å²) < 4.78 is 57.4. The molecular weight excluding hydrogens is 821 g/mol. The topological polar surface area (TPSA) is 144 Å². The zero-order chi connectivity index (χ0) is 46.0. The molecule has 3 unspecified atom stereocenters. The van der Waals surface area contributed by atoms with Gasteiger partial charge in [-0.1, -0.05) is 80.8 Å². The summed E-state index contributed by atoms with van der Waals surface area (Å²) >= 11 is 0. The first-order chi connectivity index (χ1) is 31.1. The van der Waals surface area contributed by atoms with Crippen LogP contribution < -0.4 is 18.9 Å². The highest BCUT2D eigenvalue weighted by atomic mass is 16.6. The Balaban J connectivity index is 1.31. The van der Waals surface area contributed by atoms with Gasteiger partial charge in [-0.05, 0) is 95.0 Å². The minimum atomic E-state index is -0.606. The van der Waals surface area contributed by atoms with Crippen molar-refractivity contribution in [1.82, 2.24) is 0 Å². The summed E-state index contributed by atoms with van der Waals surface area (Å²) in [6, 6.07) is 25.9. The van der Waals surface area contributed by atoms with Gasteiger partial charge >= 0.3 is 17.9 Å². The minimum Gasteiger partial charge on any atom is -0.491 e. The van der Waals surface area contributed by atoms with Gasteiger partial charge in [0.25, 0.3) is 0 Å². The maximum absolute atomic E-state index is 12.7. The molecule has 0 radical (unpaired) electrons. The molecule has 0 amide bonds. The predicted octanol–water partition coefficient (Wildman–Crippen LogP) is 9.46. The van der Waals surface area contributed by atoms with Gasteiger partial charge in [0.1, 0.15) is 49.4 Å². The highest BCUT2D eigenvalue weighted by Crippen LogP contribution is 2.18. The average molecular weight is 891 g/mol. The number of benzene rings is 3. The number of ether oxygens (including phenoxy) is 10. The van der Waals surface area contributed by atoms with E-state index in [-0.39, 0.29) is 83.3 Å². The first-order valence-corrected chi connectivity index (χ1v) is 22.4. The van der Waals surface area contributed by atoms with Crippen molar-refractivity contribution in [1.29, 1.82) is 0 Å². The normalized spacial score (nSPS) is 12.3. The number of carbonyl (C=O) groups is 3. The van der Waals surface area contributed by atoms with Gasteiger partial charge < -0.3 is 47.4 Å². The molecule has 3 atom stereocenters. The summed E-state index contributed by atoms with van der Waals surface area (Å²) in [5.74, 6) is 1.64. The van der Waals surface area contributed by atoms with Crippen LogP contribution in [0.15, 0.2) is 109 Å². The monoisotopic (exact) mass is 890 g/mol. The second-order valence-electron chi connectivity index (χ2n) is 15.4. The maximum atomic E-state index is 12.7. The third-order valence-electron chi connectivity index (χ3n) is 9.57. The molecule has 0 aromatic heterocycles. The van der Waals surface area contributed by atoms with E-state index in [1.807, 2.05) is 74.5 Å². The van der Waals surface area contributed by atoms with E-state index in [0.29, 0.717) is 54.6 Å². The van der Waals surface area contributed by atoms with Crippen molar-refractivity contribution in [3.8, 4) is 23.0 Å². The number of para-hydroxylation sites is 2. The van der Waals surface area contributed by atoms with E-state index in [0.717, 1.165) is 50.5 Å². The smallest absolute Gasteiger partial charge is 0.333 e. The molecule has 0 saturated carbocycles. The Morgan fingerprint density at radius 2 is 0.906 bits per heavy atom. The molecule has 0 N–H and O–H groups in total. The van der Waals surface area contributed by atoms with Crippen molar-refractivity contribution in [3.05, 3.63) is 109 Å². The van der Waals surface area contributed by atoms with Crippen LogP contribution in [0.25, 0.3) is 0 Å². The third-order valence-corrected chi connectivity index (χ3v) is 9.57. The molecule has 0 bridgehead atoms. The van der Waals surface area contributed by atoms with Gasteiger partial charge in [-0.3, -0.25) is 9.59 Å². The van der Waals surface area contributed by atoms with Gasteiger partial charge in [-0.2, -0.15) is 0 Å². The lowest BCUT2D eigenvalue weighted by molar-refractivity contribution is -0.155. The maximum Gasteiger partial charge on any atom is 0.333 e. The quantitative estimate of drug-likeness (QED) is 0.0178. The van der Waals surface area contributed by atoms with Gasteiger partial charge in [-0.25, -0.2) is 4.79 Å². The lowest BCUT2D eigenvalue weighted by Gasteiger charge is -2.19. The Kier molecular flexibility index (Phi) is 27.5. The largest absolute Gasteiger partial charge is 0.491 e. The minimum absolute atomic E-state index is 0.0551. The molecule has 352 valence electrons. The molecule has 13 heteroatoms. The second-order valence-corrected chi connectivity index (χ2v) is 15.4. The lowest BCUT2D eigenvalue weighted by Crippen LogP contribution is -2.30. The number of unbranched alkanes of at least 4 members (excludes halogenated alkanes) is 6. The molecule has 0 aliphatic heterocycles. The average Bonchev–Trinajstić information content (AvgIpc) is 3.29. The molecular formula is C51H70O13. The fourth-order valence-electron chi connectivity index (χ4n) is 5.77. The van der Waals surface area contributed by atoms with Crippen LogP contribution in [0.4, 0.5) is 0 Å². The van der Waals surface area contributed by atoms with E-state index in [1.54, 1.807) is 31.2 Å². The summed E-state index contributed by atoms with van der Waals surface area (Å²) in [6.07, 6.45) is 6.04. The van der Waals surface area contributed by atoms with E-state index >= 15 is 0 Å². The summed E-state index contributed by atoms with van der Waals surface area (Å²) in [5.41, 5.74) is 1.39. The van der Waals surface area contributed by atoms with Gasteiger partial charge in [0.05, 0.1) is 39.1 Å². The fraction of sp³-hybridized carbons (Fsp3) is 0.510. The molecule has 0 aliphatic rings. The molecule has 0 spiro atoms. The number of esters is 3. The van der Waals surface area contributed by atoms with Crippen LogP contribution in [0.5, 0.6) is 23.0 Å². The summed E-state index contributed by atoms with van der Waals surface area (Å²) in [5, 5.41) is 0. The van der Waals surface area contributed by atoms with Crippen molar-refractivity contribution in [3.63, 3.8) is 0 Å². The predicted molar refractivity (Wildman–Crippen MR) is 245 cm³/mol. The molecule has 0 aliphatic carbocycles. The highest BCUT2D eigenvalue weighted by molar-refractivity contribution is 5.86. The molecule has 64 heavy (non-hydrogen) atoms. The lowest BCUT2D eigenvalue weighted by atomic mass is 10.1. The fourth-order valence-corrected chi connectivity index (χ4v) is 5.77. The molecule has 3 aromatic carbocycles. The van der Waals surface area contributed by atoms with E-state index in [2.05, 4.69) is 13.2 Å². The van der Waals surface area contributed by atoms with Crippen LogP contribution in [0.3, 0.4) is 0 Å². The van der Waals surface area contributed by atoms with Crippen LogP contribution in [-0.2, 0) is 42.8 Å². The van der Waals surface area contributed by atoms with Crippen LogP contribution in [0, 0.1) is 0 Å². The van der Waals surface area contributed by atoms with Crippen molar-refractivity contribution >= 4 is 17.9 Å². The number of carbonyl (C=O) groups excluding carboxylic acids is 3. The zero-order valence-corrected chi connectivity index (χ0v) is 38.2.